The van der Waals surface area contributed by atoms with E-state index >= 15 is 0 Å². The number of allylic oxidation sites excluding steroid dienone is 2. The number of benzene rings is 2. The van der Waals surface area contributed by atoms with Crippen LogP contribution in [0.1, 0.15) is 57.9 Å². The van der Waals surface area contributed by atoms with Crippen LogP contribution in [-0.2, 0) is 4.79 Å². The van der Waals surface area contributed by atoms with Crippen molar-refractivity contribution in [3.8, 4) is 5.75 Å². The van der Waals surface area contributed by atoms with Crippen LogP contribution >= 0.6 is 0 Å². The van der Waals surface area contributed by atoms with Crippen LogP contribution in [0.2, 0.25) is 0 Å². The third-order valence-electron chi connectivity index (χ3n) is 4.97. The van der Waals surface area contributed by atoms with Gasteiger partial charge in [0, 0.05) is 6.42 Å². The van der Waals surface area contributed by atoms with E-state index in [1.54, 1.807) is 0 Å². The summed E-state index contributed by atoms with van der Waals surface area (Å²) >= 11 is 0. The molecule has 0 aromatic heterocycles. The van der Waals surface area contributed by atoms with Gasteiger partial charge in [0.1, 0.15) is 5.75 Å². The van der Waals surface area contributed by atoms with E-state index in [0.29, 0.717) is 12.2 Å². The van der Waals surface area contributed by atoms with Gasteiger partial charge >= 0.3 is 5.97 Å². The standard InChI is InChI=1S/C22H26O2/c1-3-5-22(23)24-21-13-12-19-14-18(10-11-20(19)15-21)17-8-6-16(4-2)7-9-17/h8,10-16H,3-7,9H2,1-2H3. The van der Waals surface area contributed by atoms with E-state index in [-0.39, 0.29) is 5.97 Å². The second-order valence-corrected chi connectivity index (χ2v) is 6.73. The number of carbonyl (C=O) groups excluding carboxylic acids is 1. The summed E-state index contributed by atoms with van der Waals surface area (Å²) in [5.74, 6) is 1.33. The van der Waals surface area contributed by atoms with Gasteiger partial charge in [-0.05, 0) is 71.7 Å². The first kappa shape index (κ1) is 16.8. The van der Waals surface area contributed by atoms with Gasteiger partial charge in [-0.1, -0.05) is 44.5 Å². The van der Waals surface area contributed by atoms with Gasteiger partial charge in [-0.15, -0.1) is 0 Å². The van der Waals surface area contributed by atoms with Gasteiger partial charge in [-0.25, -0.2) is 0 Å². The maximum Gasteiger partial charge on any atom is 0.311 e. The third kappa shape index (κ3) is 3.87. The largest absolute Gasteiger partial charge is 0.427 e. The second kappa shape index (κ2) is 7.65. The van der Waals surface area contributed by atoms with E-state index in [4.69, 9.17) is 4.74 Å². The Morgan fingerprint density at radius 2 is 1.92 bits per heavy atom. The molecule has 3 rings (SSSR count). The Hall–Kier alpha value is -2.09. The first-order chi connectivity index (χ1) is 11.7. The smallest absolute Gasteiger partial charge is 0.311 e. The van der Waals surface area contributed by atoms with E-state index in [9.17, 15) is 4.79 Å². The summed E-state index contributed by atoms with van der Waals surface area (Å²) in [6, 6.07) is 12.5. The first-order valence-electron chi connectivity index (χ1n) is 9.13. The minimum Gasteiger partial charge on any atom is -0.427 e. The van der Waals surface area contributed by atoms with Crippen LogP contribution in [0.4, 0.5) is 0 Å². The normalized spacial score (nSPS) is 17.6. The van der Waals surface area contributed by atoms with E-state index in [1.165, 1.54) is 42.2 Å². The highest BCUT2D eigenvalue weighted by Gasteiger charge is 2.14. The van der Waals surface area contributed by atoms with Crippen LogP contribution in [-0.4, -0.2) is 5.97 Å². The number of hydrogen-bond donors (Lipinski definition) is 0. The zero-order valence-corrected chi connectivity index (χ0v) is 14.7. The predicted octanol–water partition coefficient (Wildman–Crippen LogP) is 6.14. The minimum absolute atomic E-state index is 0.161. The Kier molecular flexibility index (Phi) is 5.34. The van der Waals surface area contributed by atoms with Gasteiger partial charge in [0.05, 0.1) is 0 Å². The minimum atomic E-state index is -0.161. The lowest BCUT2D eigenvalue weighted by molar-refractivity contribution is -0.134. The number of esters is 1. The highest BCUT2D eigenvalue weighted by atomic mass is 16.5. The molecule has 0 bridgehead atoms. The molecule has 0 N–H and O–H groups in total. The summed E-state index contributed by atoms with van der Waals surface area (Å²) in [7, 11) is 0. The number of ether oxygens (including phenoxy) is 1. The van der Waals surface area contributed by atoms with Crippen molar-refractivity contribution in [1.29, 1.82) is 0 Å². The van der Waals surface area contributed by atoms with Crippen molar-refractivity contribution >= 4 is 22.3 Å². The maximum absolute atomic E-state index is 11.6. The Labute approximate surface area is 144 Å². The van der Waals surface area contributed by atoms with Crippen molar-refractivity contribution in [2.75, 3.05) is 0 Å². The van der Waals surface area contributed by atoms with Gasteiger partial charge in [-0.3, -0.25) is 4.79 Å². The van der Waals surface area contributed by atoms with E-state index in [0.717, 1.165) is 17.7 Å². The van der Waals surface area contributed by atoms with Crippen molar-refractivity contribution in [1.82, 2.24) is 0 Å². The Bertz CT molecular complexity index is 758. The molecule has 126 valence electrons. The molecule has 1 aliphatic carbocycles. The number of carbonyl (C=O) groups is 1. The summed E-state index contributed by atoms with van der Waals surface area (Å²) in [6.07, 6.45) is 8.65. The van der Waals surface area contributed by atoms with Crippen molar-refractivity contribution in [2.24, 2.45) is 5.92 Å². The Balaban J connectivity index is 1.80. The lowest BCUT2D eigenvalue weighted by Gasteiger charge is -2.21. The zero-order valence-electron chi connectivity index (χ0n) is 14.7. The van der Waals surface area contributed by atoms with Crippen LogP contribution in [0.15, 0.2) is 42.5 Å². The lowest BCUT2D eigenvalue weighted by atomic mass is 9.85. The van der Waals surface area contributed by atoms with Crippen molar-refractivity contribution in [3.05, 3.63) is 48.0 Å². The number of rotatable bonds is 5. The van der Waals surface area contributed by atoms with Gasteiger partial charge in [-0.2, -0.15) is 0 Å². The Morgan fingerprint density at radius 1 is 1.12 bits per heavy atom. The third-order valence-corrected chi connectivity index (χ3v) is 4.97. The molecule has 0 radical (unpaired) electrons. The lowest BCUT2D eigenvalue weighted by Crippen LogP contribution is -2.06. The molecule has 0 amide bonds. The summed E-state index contributed by atoms with van der Waals surface area (Å²) in [6.45, 7) is 4.26. The van der Waals surface area contributed by atoms with Crippen LogP contribution in [0.25, 0.3) is 16.3 Å². The van der Waals surface area contributed by atoms with Gasteiger partial charge in [0.2, 0.25) is 0 Å². The van der Waals surface area contributed by atoms with E-state index in [2.05, 4.69) is 31.2 Å². The SMILES string of the molecule is CCCC(=O)Oc1ccc2cc(C3=CCC(CC)CC3)ccc2c1. The topological polar surface area (TPSA) is 26.3 Å². The van der Waals surface area contributed by atoms with Gasteiger partial charge in [0.15, 0.2) is 0 Å². The molecule has 0 fully saturated rings. The average molecular weight is 322 g/mol. The summed E-state index contributed by atoms with van der Waals surface area (Å²) < 4.78 is 5.38. The maximum atomic E-state index is 11.6. The second-order valence-electron chi connectivity index (χ2n) is 6.73. The van der Waals surface area contributed by atoms with Gasteiger partial charge in [0.25, 0.3) is 0 Å². The molecular formula is C22H26O2. The van der Waals surface area contributed by atoms with Gasteiger partial charge < -0.3 is 4.74 Å². The van der Waals surface area contributed by atoms with Crippen molar-refractivity contribution in [2.45, 2.75) is 52.4 Å². The molecule has 0 aliphatic heterocycles. The molecule has 0 heterocycles. The fourth-order valence-corrected chi connectivity index (χ4v) is 3.40. The molecule has 24 heavy (non-hydrogen) atoms. The zero-order chi connectivity index (χ0) is 16.9. The fraction of sp³-hybridized carbons (Fsp3) is 0.409. The average Bonchev–Trinajstić information content (AvgIpc) is 2.61. The monoisotopic (exact) mass is 322 g/mol. The fourth-order valence-electron chi connectivity index (χ4n) is 3.40. The van der Waals surface area contributed by atoms with Crippen LogP contribution in [0.3, 0.4) is 0 Å². The summed E-state index contributed by atoms with van der Waals surface area (Å²) in [4.78, 5) is 11.6. The molecule has 0 spiro atoms. The van der Waals surface area contributed by atoms with Crippen molar-refractivity contribution < 1.29 is 9.53 Å². The molecule has 0 saturated heterocycles. The molecule has 0 saturated carbocycles. The molecule has 2 aromatic rings. The highest BCUT2D eigenvalue weighted by Crippen LogP contribution is 2.33. The predicted molar refractivity (Wildman–Crippen MR) is 100 cm³/mol. The highest BCUT2D eigenvalue weighted by molar-refractivity contribution is 5.88. The first-order valence-corrected chi connectivity index (χ1v) is 9.13. The van der Waals surface area contributed by atoms with Crippen LogP contribution in [0.5, 0.6) is 5.75 Å². The number of hydrogen-bond acceptors (Lipinski definition) is 2. The molecule has 1 atom stereocenters. The van der Waals surface area contributed by atoms with Crippen molar-refractivity contribution in [3.63, 3.8) is 0 Å². The molecule has 1 aliphatic rings. The summed E-state index contributed by atoms with van der Waals surface area (Å²) in [5.41, 5.74) is 2.80. The quantitative estimate of drug-likeness (QED) is 0.488. The molecule has 1 unspecified atom stereocenters. The van der Waals surface area contributed by atoms with E-state index in [1.807, 2.05) is 25.1 Å². The molecule has 2 heteroatoms. The molecule has 2 nitrogen and oxygen atoms in total. The molecular weight excluding hydrogens is 296 g/mol. The van der Waals surface area contributed by atoms with Crippen LogP contribution < -0.4 is 4.74 Å². The van der Waals surface area contributed by atoms with Crippen LogP contribution in [0, 0.1) is 5.92 Å². The Morgan fingerprint density at radius 3 is 2.62 bits per heavy atom. The molecule has 2 aromatic carbocycles. The summed E-state index contributed by atoms with van der Waals surface area (Å²) in [5, 5.41) is 2.31. The van der Waals surface area contributed by atoms with E-state index < -0.39 is 0 Å². The number of fused-ring (bicyclic) bond motifs is 1.